The molecule has 1 aliphatic heterocycles. The highest BCUT2D eigenvalue weighted by Crippen LogP contribution is 2.83. The summed E-state index contributed by atoms with van der Waals surface area (Å²) in [5, 5.41) is -3.04. The van der Waals surface area contributed by atoms with Gasteiger partial charge in [-0.15, -0.1) is 0 Å². The molecule has 0 amide bonds. The Morgan fingerprint density at radius 1 is 1.23 bits per heavy atom. The fourth-order valence-electron chi connectivity index (χ4n) is 4.19. The Morgan fingerprint density at radius 2 is 1.81 bits per heavy atom. The lowest BCUT2D eigenvalue weighted by Crippen LogP contribution is -2.40. The van der Waals surface area contributed by atoms with Crippen molar-refractivity contribution in [3.8, 4) is 5.75 Å². The third kappa shape index (κ3) is 2.99. The Morgan fingerprint density at radius 3 is 2.19 bits per heavy atom. The van der Waals surface area contributed by atoms with Crippen molar-refractivity contribution in [3.05, 3.63) is 29.8 Å². The van der Waals surface area contributed by atoms with Gasteiger partial charge in [0.05, 0.1) is 13.7 Å². The van der Waals surface area contributed by atoms with E-state index in [1.165, 1.54) is 6.92 Å². The maximum atomic E-state index is 13.9. The molecule has 0 bridgehead atoms. The first-order chi connectivity index (χ1) is 12.1. The zero-order valence-electron chi connectivity index (χ0n) is 15.8. The van der Waals surface area contributed by atoms with Crippen molar-refractivity contribution in [1.82, 2.24) is 0 Å². The summed E-state index contributed by atoms with van der Waals surface area (Å²) in [5.74, 6) is -0.0532. The third-order valence-corrected chi connectivity index (χ3v) is 10.2. The molecule has 4 unspecified atom stereocenters. The van der Waals surface area contributed by atoms with Gasteiger partial charge in [-0.1, -0.05) is 26.0 Å². The summed E-state index contributed by atoms with van der Waals surface area (Å²) >= 11 is 0. The summed E-state index contributed by atoms with van der Waals surface area (Å²) in [4.78, 5) is 20.0. The van der Waals surface area contributed by atoms with Crippen LogP contribution in [0.25, 0.3) is 0 Å². The van der Waals surface area contributed by atoms with Gasteiger partial charge in [-0.25, -0.2) is 0 Å². The normalized spacial score (nSPS) is 34.8. The molecule has 1 saturated heterocycles. The van der Waals surface area contributed by atoms with E-state index < -0.39 is 31.6 Å². The van der Waals surface area contributed by atoms with Crippen molar-refractivity contribution in [3.63, 3.8) is 0 Å². The van der Waals surface area contributed by atoms with Gasteiger partial charge in [-0.2, -0.15) is 0 Å². The van der Waals surface area contributed by atoms with E-state index in [0.29, 0.717) is 24.2 Å². The molecule has 0 spiro atoms. The van der Waals surface area contributed by atoms with Crippen LogP contribution in [0, 0.1) is 5.92 Å². The van der Waals surface area contributed by atoms with Gasteiger partial charge in [0.2, 0.25) is 0 Å². The van der Waals surface area contributed by atoms with E-state index in [0.717, 1.165) is 0 Å². The number of methoxy groups -OCH3 is 1. The van der Waals surface area contributed by atoms with Gasteiger partial charge < -0.3 is 19.0 Å². The molecule has 1 heterocycles. The monoisotopic (exact) mass is 406 g/mol. The zero-order chi connectivity index (χ0) is 19.8. The van der Waals surface area contributed by atoms with Gasteiger partial charge in [0, 0.05) is 5.92 Å². The van der Waals surface area contributed by atoms with Gasteiger partial charge >= 0.3 is 15.2 Å². The lowest BCUT2D eigenvalue weighted by Gasteiger charge is -2.38. The van der Waals surface area contributed by atoms with Crippen LogP contribution in [0.15, 0.2) is 24.3 Å². The van der Waals surface area contributed by atoms with E-state index in [1.54, 1.807) is 38.3 Å². The Balaban J connectivity index is 2.79. The number of hydrogen-bond donors (Lipinski definition) is 2. The Bertz CT molecular complexity index is 729. The second kappa shape index (κ2) is 7.38. The van der Waals surface area contributed by atoms with Crippen LogP contribution in [-0.4, -0.2) is 28.8 Å². The number of rotatable bonds is 7. The Hall–Kier alpha value is -0.680. The molecule has 0 aliphatic carbocycles. The SMILES string of the molecule is CCOP1(=O)OC(C)(P(=O)(O)O)C(CC)C1(CC)c1ccc(OC)cc1. The van der Waals surface area contributed by atoms with Crippen LogP contribution in [0.1, 0.15) is 46.1 Å². The molecule has 4 atom stereocenters. The van der Waals surface area contributed by atoms with Crippen LogP contribution in [-0.2, 0) is 23.3 Å². The highest BCUT2D eigenvalue weighted by Gasteiger charge is 2.73. The lowest BCUT2D eigenvalue weighted by molar-refractivity contribution is 0.0885. The predicted molar refractivity (Wildman–Crippen MR) is 99.5 cm³/mol. The predicted octanol–water partition coefficient (Wildman–Crippen LogP) is 4.48. The lowest BCUT2D eigenvalue weighted by atomic mass is 9.78. The zero-order valence-corrected chi connectivity index (χ0v) is 17.6. The van der Waals surface area contributed by atoms with Gasteiger partial charge in [-0.3, -0.25) is 13.7 Å². The summed E-state index contributed by atoms with van der Waals surface area (Å²) in [6.07, 6.45) is 0.725. The molecule has 1 fully saturated rings. The molecule has 1 aromatic rings. The summed E-state index contributed by atoms with van der Waals surface area (Å²) in [6.45, 7) is 6.80. The smallest absolute Gasteiger partial charge is 0.357 e. The first-order valence-electron chi connectivity index (χ1n) is 8.71. The molecule has 1 aliphatic rings. The van der Waals surface area contributed by atoms with Crippen LogP contribution >= 0.6 is 15.2 Å². The second-order valence-electron chi connectivity index (χ2n) is 6.57. The Labute approximate surface area is 154 Å². The number of ether oxygens (including phenoxy) is 1. The summed E-state index contributed by atoms with van der Waals surface area (Å²) in [6, 6.07) is 7.02. The van der Waals surface area contributed by atoms with Gasteiger partial charge in [0.1, 0.15) is 10.9 Å². The molecule has 26 heavy (non-hydrogen) atoms. The Kier molecular flexibility index (Phi) is 6.14. The van der Waals surface area contributed by atoms with Crippen molar-refractivity contribution < 1.29 is 32.7 Å². The molecule has 7 nitrogen and oxygen atoms in total. The first-order valence-corrected chi connectivity index (χ1v) is 11.9. The van der Waals surface area contributed by atoms with Gasteiger partial charge in [-0.05, 0) is 44.4 Å². The van der Waals surface area contributed by atoms with Gasteiger partial charge in [0.15, 0.2) is 5.34 Å². The van der Waals surface area contributed by atoms with Crippen molar-refractivity contribution in [1.29, 1.82) is 0 Å². The number of hydrogen-bond acceptors (Lipinski definition) is 5. The number of benzene rings is 1. The van der Waals surface area contributed by atoms with E-state index >= 15 is 0 Å². The second-order valence-corrected chi connectivity index (χ2v) is 10.8. The molecular formula is C17H28O7P2. The molecule has 1 aromatic carbocycles. The largest absolute Gasteiger partial charge is 0.497 e. The average molecular weight is 406 g/mol. The molecule has 148 valence electrons. The minimum Gasteiger partial charge on any atom is -0.497 e. The third-order valence-electron chi connectivity index (χ3n) is 5.43. The van der Waals surface area contributed by atoms with Gasteiger partial charge in [0.25, 0.3) is 0 Å². The molecule has 9 heteroatoms. The highest BCUT2D eigenvalue weighted by molar-refractivity contribution is 7.59. The summed E-state index contributed by atoms with van der Waals surface area (Å²) in [7, 11) is -7.06. The molecule has 2 N–H and O–H groups in total. The minimum atomic E-state index is -4.73. The van der Waals surface area contributed by atoms with E-state index in [9.17, 15) is 18.9 Å². The van der Waals surface area contributed by atoms with Crippen molar-refractivity contribution in [2.75, 3.05) is 13.7 Å². The molecule has 0 saturated carbocycles. The average Bonchev–Trinajstić information content (AvgIpc) is 2.79. The fourth-order valence-corrected chi connectivity index (χ4v) is 8.91. The van der Waals surface area contributed by atoms with E-state index in [-0.39, 0.29) is 6.61 Å². The van der Waals surface area contributed by atoms with Crippen molar-refractivity contribution >= 4 is 15.2 Å². The van der Waals surface area contributed by atoms with Crippen molar-refractivity contribution in [2.45, 2.75) is 51.0 Å². The van der Waals surface area contributed by atoms with Crippen LogP contribution in [0.2, 0.25) is 0 Å². The maximum absolute atomic E-state index is 13.9. The highest BCUT2D eigenvalue weighted by atomic mass is 31.2. The van der Waals surface area contributed by atoms with Crippen LogP contribution in [0.5, 0.6) is 5.75 Å². The maximum Gasteiger partial charge on any atom is 0.357 e. The van der Waals surface area contributed by atoms with Crippen LogP contribution < -0.4 is 4.74 Å². The van der Waals surface area contributed by atoms with Crippen LogP contribution in [0.3, 0.4) is 0 Å². The van der Waals surface area contributed by atoms with E-state index in [1.807, 2.05) is 13.8 Å². The molecule has 0 radical (unpaired) electrons. The topological polar surface area (TPSA) is 102 Å². The molecular weight excluding hydrogens is 378 g/mol. The molecule has 2 rings (SSSR count). The summed E-state index contributed by atoms with van der Waals surface area (Å²) in [5.41, 5.74) is 0.668. The fraction of sp³-hybridized carbons (Fsp3) is 0.647. The molecule has 0 aromatic heterocycles. The van der Waals surface area contributed by atoms with E-state index in [4.69, 9.17) is 13.8 Å². The minimum absolute atomic E-state index is 0.114. The van der Waals surface area contributed by atoms with Crippen molar-refractivity contribution in [2.24, 2.45) is 5.92 Å². The van der Waals surface area contributed by atoms with Crippen LogP contribution in [0.4, 0.5) is 0 Å². The van der Waals surface area contributed by atoms with E-state index in [2.05, 4.69) is 0 Å². The summed E-state index contributed by atoms with van der Waals surface area (Å²) < 4.78 is 42.7. The first kappa shape index (κ1) is 21.6. The quantitative estimate of drug-likeness (QED) is 0.644. The standard InChI is InChI=1S/C17H28O7P2/c1-6-15-16(4,25(18,19)20)24-26(21,23-8-3)17(15,7-2)13-9-11-14(22-5)12-10-13/h9-12,15H,6-8H2,1-5H3,(H2,18,19,20).